The molecule has 50 heavy (non-hydrogen) atoms. The molecule has 0 spiro atoms. The molecule has 0 N–H and O–H groups in total. The quantitative estimate of drug-likeness (QED) is 0.180. The van der Waals surface area contributed by atoms with Gasteiger partial charge in [0.1, 0.15) is 11.2 Å². The number of hydrogen-bond acceptors (Lipinski definition) is 2. The van der Waals surface area contributed by atoms with Crippen LogP contribution < -0.4 is 0 Å². The minimum Gasteiger partial charge on any atom is -0.452 e. The second-order valence-corrected chi connectivity index (χ2v) is 13.1. The molecule has 0 unspecified atom stereocenters. The summed E-state index contributed by atoms with van der Waals surface area (Å²) >= 11 is 0. The van der Waals surface area contributed by atoms with E-state index in [1.54, 1.807) is 0 Å². The van der Waals surface area contributed by atoms with Gasteiger partial charge in [0.15, 0.2) is 11.2 Å². The zero-order chi connectivity index (χ0) is 32.8. The summed E-state index contributed by atoms with van der Waals surface area (Å²) in [6.07, 6.45) is 0. The molecule has 2 aromatic heterocycles. The van der Waals surface area contributed by atoms with Gasteiger partial charge in [-0.25, -0.2) is 0 Å². The summed E-state index contributed by atoms with van der Waals surface area (Å²) in [5, 5.41) is 11.8. The number of benzene rings is 9. The van der Waals surface area contributed by atoms with Gasteiger partial charge < -0.3 is 8.83 Å². The van der Waals surface area contributed by atoms with Gasteiger partial charge in [-0.15, -0.1) is 0 Å². The lowest BCUT2D eigenvalue weighted by atomic mass is 9.84. The molecule has 0 radical (unpaired) electrons. The number of para-hydroxylation sites is 1. The Balaban J connectivity index is 1.14. The molecular formula is C48H28O2. The minimum atomic E-state index is 0.795. The van der Waals surface area contributed by atoms with Crippen molar-refractivity contribution in [2.75, 3.05) is 0 Å². The van der Waals surface area contributed by atoms with Gasteiger partial charge in [0.05, 0.1) is 0 Å². The molecule has 0 aliphatic rings. The first-order valence-corrected chi connectivity index (χ1v) is 17.1. The lowest BCUT2D eigenvalue weighted by Gasteiger charge is -2.19. The first kappa shape index (κ1) is 27.3. The molecule has 0 aliphatic carbocycles. The largest absolute Gasteiger partial charge is 0.452 e. The van der Waals surface area contributed by atoms with Crippen LogP contribution >= 0.6 is 0 Å². The number of hydrogen-bond donors (Lipinski definition) is 0. The molecule has 2 nitrogen and oxygen atoms in total. The molecule has 0 fully saturated rings. The minimum absolute atomic E-state index is 0.795. The summed E-state index contributed by atoms with van der Waals surface area (Å²) in [6, 6.07) is 61.0. The average molecular weight is 637 g/mol. The maximum Gasteiger partial charge on any atom is 0.178 e. The van der Waals surface area contributed by atoms with Crippen molar-refractivity contribution in [3.05, 3.63) is 170 Å². The van der Waals surface area contributed by atoms with E-state index in [4.69, 9.17) is 8.83 Å². The number of rotatable bonds is 3. The molecule has 9 aromatic carbocycles. The van der Waals surface area contributed by atoms with Crippen LogP contribution in [0.15, 0.2) is 179 Å². The second-order valence-electron chi connectivity index (χ2n) is 13.1. The van der Waals surface area contributed by atoms with Gasteiger partial charge in [0, 0.05) is 21.5 Å². The molecule has 232 valence electrons. The van der Waals surface area contributed by atoms with E-state index in [1.807, 2.05) is 18.2 Å². The summed E-state index contributed by atoms with van der Waals surface area (Å²) in [6.45, 7) is 0. The van der Waals surface area contributed by atoms with E-state index in [-0.39, 0.29) is 0 Å². The van der Waals surface area contributed by atoms with Crippen LogP contribution in [-0.2, 0) is 0 Å². The van der Waals surface area contributed by atoms with Crippen molar-refractivity contribution >= 4 is 76.2 Å². The molecule has 2 heteroatoms. The Morgan fingerprint density at radius 3 is 1.38 bits per heavy atom. The summed E-state index contributed by atoms with van der Waals surface area (Å²) in [5.74, 6) is 0. The summed E-state index contributed by atoms with van der Waals surface area (Å²) < 4.78 is 12.9. The summed E-state index contributed by atoms with van der Waals surface area (Å²) in [7, 11) is 0. The van der Waals surface area contributed by atoms with Crippen molar-refractivity contribution in [3.8, 4) is 33.4 Å². The van der Waals surface area contributed by atoms with Crippen LogP contribution in [0.3, 0.4) is 0 Å². The Hall–Kier alpha value is -6.64. The maximum atomic E-state index is 6.61. The molecule has 0 atom stereocenters. The predicted octanol–water partition coefficient (Wildman–Crippen LogP) is 13.9. The van der Waals surface area contributed by atoms with Crippen LogP contribution in [0.4, 0.5) is 0 Å². The summed E-state index contributed by atoms with van der Waals surface area (Å²) in [4.78, 5) is 0. The van der Waals surface area contributed by atoms with Gasteiger partial charge in [-0.2, -0.15) is 0 Å². The van der Waals surface area contributed by atoms with Crippen molar-refractivity contribution < 1.29 is 8.83 Å². The number of furan rings is 2. The highest BCUT2D eigenvalue weighted by molar-refractivity contribution is 6.24. The molecule has 0 amide bonds. The zero-order valence-electron chi connectivity index (χ0n) is 27.0. The highest BCUT2D eigenvalue weighted by Gasteiger charge is 2.20. The lowest BCUT2D eigenvalue weighted by Crippen LogP contribution is -1.92. The molecule has 2 heterocycles. The molecule has 0 bridgehead atoms. The molecule has 0 saturated carbocycles. The lowest BCUT2D eigenvalue weighted by molar-refractivity contribution is 0.633. The van der Waals surface area contributed by atoms with Crippen molar-refractivity contribution in [1.82, 2.24) is 0 Å². The smallest absolute Gasteiger partial charge is 0.178 e. The monoisotopic (exact) mass is 636 g/mol. The normalized spacial score (nSPS) is 12.0. The highest BCUT2D eigenvalue weighted by Crippen LogP contribution is 2.47. The third kappa shape index (κ3) is 3.85. The van der Waals surface area contributed by atoms with E-state index < -0.39 is 0 Å². The first-order valence-electron chi connectivity index (χ1n) is 17.1. The standard InChI is InChI=1S/C48H28O2/c1-2-12-29(13-3-1)45-36-17-6-8-19-38(36)46(39-20-9-7-18-37(39)45)40-25-24-31(32-14-4-5-15-33(32)40)30-22-23-35-42-27-26-41-34-16-10-11-21-43(34)49-47(41)48(42)50-44(35)28-30/h1-28H. The van der Waals surface area contributed by atoms with Crippen LogP contribution in [0.2, 0.25) is 0 Å². The molecule has 11 aromatic rings. The van der Waals surface area contributed by atoms with Gasteiger partial charge >= 0.3 is 0 Å². The van der Waals surface area contributed by atoms with E-state index in [1.165, 1.54) is 60.1 Å². The topological polar surface area (TPSA) is 26.3 Å². The highest BCUT2D eigenvalue weighted by atomic mass is 16.4. The third-order valence-electron chi connectivity index (χ3n) is 10.5. The maximum absolute atomic E-state index is 6.61. The Kier molecular flexibility index (Phi) is 5.70. The van der Waals surface area contributed by atoms with E-state index >= 15 is 0 Å². The fourth-order valence-electron chi connectivity index (χ4n) is 8.29. The Morgan fingerprint density at radius 1 is 0.260 bits per heavy atom. The van der Waals surface area contributed by atoms with Crippen molar-refractivity contribution in [2.45, 2.75) is 0 Å². The fourth-order valence-corrected chi connectivity index (χ4v) is 8.29. The van der Waals surface area contributed by atoms with Gasteiger partial charge in [0.25, 0.3) is 0 Å². The van der Waals surface area contributed by atoms with Crippen LogP contribution in [0.1, 0.15) is 0 Å². The van der Waals surface area contributed by atoms with Crippen LogP contribution in [0, 0.1) is 0 Å². The van der Waals surface area contributed by atoms with Crippen LogP contribution in [0.25, 0.3) is 110 Å². The van der Waals surface area contributed by atoms with Crippen molar-refractivity contribution in [2.24, 2.45) is 0 Å². The first-order chi connectivity index (χ1) is 24.8. The van der Waals surface area contributed by atoms with E-state index in [0.29, 0.717) is 0 Å². The molecular weight excluding hydrogens is 609 g/mol. The summed E-state index contributed by atoms with van der Waals surface area (Å²) in [5.41, 5.74) is 10.6. The van der Waals surface area contributed by atoms with E-state index in [9.17, 15) is 0 Å². The predicted molar refractivity (Wildman–Crippen MR) is 210 cm³/mol. The van der Waals surface area contributed by atoms with E-state index in [2.05, 4.69) is 152 Å². The van der Waals surface area contributed by atoms with Gasteiger partial charge in [-0.3, -0.25) is 0 Å². The van der Waals surface area contributed by atoms with Gasteiger partial charge in [-0.1, -0.05) is 140 Å². The Bertz CT molecular complexity index is 3080. The third-order valence-corrected chi connectivity index (χ3v) is 10.5. The van der Waals surface area contributed by atoms with Gasteiger partial charge in [-0.05, 0) is 96.0 Å². The molecule has 11 rings (SSSR count). The Morgan fingerprint density at radius 2 is 0.720 bits per heavy atom. The Labute approximate surface area is 287 Å². The SMILES string of the molecule is c1ccc(-c2c3ccccc3c(-c3ccc(-c4ccc5c(c4)oc4c5ccc5c6ccccc6oc54)c4ccccc34)c3ccccc23)cc1. The van der Waals surface area contributed by atoms with Crippen LogP contribution in [0.5, 0.6) is 0 Å². The fraction of sp³-hybridized carbons (Fsp3) is 0. The molecule has 0 aliphatic heterocycles. The van der Waals surface area contributed by atoms with Crippen molar-refractivity contribution in [1.29, 1.82) is 0 Å². The van der Waals surface area contributed by atoms with Gasteiger partial charge in [0.2, 0.25) is 0 Å². The van der Waals surface area contributed by atoms with Crippen LogP contribution in [-0.4, -0.2) is 0 Å². The average Bonchev–Trinajstić information content (AvgIpc) is 3.75. The second kappa shape index (κ2) is 10.4. The zero-order valence-corrected chi connectivity index (χ0v) is 27.0. The van der Waals surface area contributed by atoms with E-state index in [0.717, 1.165) is 49.4 Å². The van der Waals surface area contributed by atoms with Crippen molar-refractivity contribution in [3.63, 3.8) is 0 Å². The number of fused-ring (bicyclic) bond motifs is 10. The molecule has 0 saturated heterocycles.